The van der Waals surface area contributed by atoms with Crippen LogP contribution in [-0.2, 0) is 4.74 Å². The van der Waals surface area contributed by atoms with Gasteiger partial charge in [-0.1, -0.05) is 0 Å². The highest BCUT2D eigenvalue weighted by Gasteiger charge is 2.12. The number of nitrogens with zero attached hydrogens (tertiary/aromatic N) is 4. The van der Waals surface area contributed by atoms with Gasteiger partial charge in [0.1, 0.15) is 5.75 Å². The summed E-state index contributed by atoms with van der Waals surface area (Å²) < 4.78 is 11.0. The molecular weight excluding hydrogens is 380 g/mol. The number of ether oxygens (including phenoxy) is 2. The van der Waals surface area contributed by atoms with Crippen molar-refractivity contribution in [2.75, 3.05) is 43.6 Å². The Labute approximate surface area is 173 Å². The van der Waals surface area contributed by atoms with Crippen LogP contribution in [0.25, 0.3) is 22.0 Å². The zero-order valence-corrected chi connectivity index (χ0v) is 16.6. The van der Waals surface area contributed by atoms with Crippen LogP contribution in [0.2, 0.25) is 0 Å². The maximum absolute atomic E-state index is 5.57. The van der Waals surface area contributed by atoms with Gasteiger partial charge in [0.25, 0.3) is 0 Å². The van der Waals surface area contributed by atoms with Crippen LogP contribution in [0.15, 0.2) is 55.0 Å². The number of H-pyrrole nitrogens is 1. The van der Waals surface area contributed by atoms with Crippen LogP contribution in [0, 0.1) is 0 Å². The molecule has 0 bridgehead atoms. The standard InChI is InChI=1S/C22H22N6O2/c1-29-21-11-20-15(10-19(21)16-13-24-25-14-16)12-23-22(27-20)26-17-2-4-18(5-3-17)28-6-8-30-9-7-28/h2-5,10-14H,6-9H2,1H3,(H,24,25)(H,23,26,27). The number of rotatable bonds is 5. The monoisotopic (exact) mass is 402 g/mol. The Hall–Kier alpha value is -3.65. The maximum Gasteiger partial charge on any atom is 0.227 e. The lowest BCUT2D eigenvalue weighted by Crippen LogP contribution is -2.36. The number of anilines is 3. The van der Waals surface area contributed by atoms with Crippen molar-refractivity contribution in [1.82, 2.24) is 20.2 Å². The molecule has 0 spiro atoms. The Balaban J connectivity index is 1.39. The van der Waals surface area contributed by atoms with E-state index in [1.165, 1.54) is 5.69 Å². The summed E-state index contributed by atoms with van der Waals surface area (Å²) in [6, 6.07) is 12.2. The number of methoxy groups -OCH3 is 1. The number of benzene rings is 2. The van der Waals surface area contributed by atoms with Crippen molar-refractivity contribution in [3.8, 4) is 16.9 Å². The molecule has 5 rings (SSSR count). The molecule has 2 N–H and O–H groups in total. The van der Waals surface area contributed by atoms with Gasteiger partial charge in [0.05, 0.1) is 32.0 Å². The first-order chi connectivity index (χ1) is 14.8. The number of hydrogen-bond donors (Lipinski definition) is 2. The number of aromatic amines is 1. The molecule has 2 aromatic carbocycles. The summed E-state index contributed by atoms with van der Waals surface area (Å²) in [5.41, 5.74) is 4.84. The Morgan fingerprint density at radius 2 is 1.93 bits per heavy atom. The molecule has 0 saturated carbocycles. The predicted octanol–water partition coefficient (Wildman–Crippen LogP) is 3.61. The van der Waals surface area contributed by atoms with Crippen LogP contribution in [-0.4, -0.2) is 53.6 Å². The molecule has 152 valence electrons. The topological polar surface area (TPSA) is 88.2 Å². The molecule has 0 aliphatic carbocycles. The van der Waals surface area contributed by atoms with E-state index in [0.717, 1.165) is 59.8 Å². The number of morpholine rings is 1. The second kappa shape index (κ2) is 8.00. The van der Waals surface area contributed by atoms with Crippen molar-refractivity contribution in [2.24, 2.45) is 0 Å². The first-order valence-corrected chi connectivity index (χ1v) is 9.84. The van der Waals surface area contributed by atoms with Gasteiger partial charge in [-0.05, 0) is 30.3 Å². The van der Waals surface area contributed by atoms with Crippen molar-refractivity contribution in [1.29, 1.82) is 0 Å². The van der Waals surface area contributed by atoms with Crippen LogP contribution in [0.5, 0.6) is 5.75 Å². The third kappa shape index (κ3) is 3.65. The van der Waals surface area contributed by atoms with Gasteiger partial charge in [-0.25, -0.2) is 9.97 Å². The molecule has 0 atom stereocenters. The van der Waals surface area contributed by atoms with Gasteiger partial charge < -0.3 is 19.7 Å². The summed E-state index contributed by atoms with van der Waals surface area (Å²) in [6.45, 7) is 3.39. The Kier molecular flexibility index (Phi) is 4.90. The molecule has 0 amide bonds. The summed E-state index contributed by atoms with van der Waals surface area (Å²) in [5, 5.41) is 11.1. The van der Waals surface area contributed by atoms with Gasteiger partial charge in [-0.3, -0.25) is 5.10 Å². The van der Waals surface area contributed by atoms with E-state index in [-0.39, 0.29) is 0 Å². The lowest BCUT2D eigenvalue weighted by molar-refractivity contribution is 0.122. The van der Waals surface area contributed by atoms with Gasteiger partial charge in [0.15, 0.2) is 0 Å². The first kappa shape index (κ1) is 18.4. The second-order valence-corrected chi connectivity index (χ2v) is 7.06. The summed E-state index contributed by atoms with van der Waals surface area (Å²) >= 11 is 0. The molecule has 1 saturated heterocycles. The van der Waals surface area contributed by atoms with Gasteiger partial charge in [0.2, 0.25) is 5.95 Å². The Morgan fingerprint density at radius 3 is 2.67 bits per heavy atom. The van der Waals surface area contributed by atoms with E-state index in [4.69, 9.17) is 9.47 Å². The minimum Gasteiger partial charge on any atom is -0.496 e. The lowest BCUT2D eigenvalue weighted by atomic mass is 10.1. The molecular formula is C22H22N6O2. The van der Waals surface area contributed by atoms with Crippen molar-refractivity contribution >= 4 is 28.2 Å². The fourth-order valence-corrected chi connectivity index (χ4v) is 3.62. The molecule has 3 heterocycles. The van der Waals surface area contributed by atoms with Gasteiger partial charge in [-0.2, -0.15) is 5.10 Å². The van der Waals surface area contributed by atoms with Crippen molar-refractivity contribution in [2.45, 2.75) is 0 Å². The Morgan fingerprint density at radius 1 is 1.10 bits per heavy atom. The fraction of sp³-hybridized carbons (Fsp3) is 0.227. The SMILES string of the molecule is COc1cc2nc(Nc3ccc(N4CCOCC4)cc3)ncc2cc1-c1cn[nH]c1. The first-order valence-electron chi connectivity index (χ1n) is 9.84. The smallest absolute Gasteiger partial charge is 0.227 e. The molecule has 8 nitrogen and oxygen atoms in total. The van der Waals surface area contributed by atoms with E-state index in [9.17, 15) is 0 Å². The van der Waals surface area contributed by atoms with Crippen molar-refractivity contribution in [3.05, 3.63) is 55.0 Å². The number of fused-ring (bicyclic) bond motifs is 1. The van der Waals surface area contributed by atoms with E-state index < -0.39 is 0 Å². The minimum absolute atomic E-state index is 0.541. The molecule has 8 heteroatoms. The molecule has 1 aliphatic rings. The van der Waals surface area contributed by atoms with Crippen LogP contribution in [0.3, 0.4) is 0 Å². The second-order valence-electron chi connectivity index (χ2n) is 7.06. The highest BCUT2D eigenvalue weighted by atomic mass is 16.5. The average Bonchev–Trinajstić information content (AvgIpc) is 3.34. The van der Waals surface area contributed by atoms with Crippen molar-refractivity contribution in [3.63, 3.8) is 0 Å². The fourth-order valence-electron chi connectivity index (χ4n) is 3.62. The molecule has 4 aromatic rings. The van der Waals surface area contributed by atoms with Crippen LogP contribution >= 0.6 is 0 Å². The molecule has 1 aliphatic heterocycles. The maximum atomic E-state index is 5.57. The number of nitrogens with one attached hydrogen (secondary N) is 2. The molecule has 0 radical (unpaired) electrons. The average molecular weight is 402 g/mol. The summed E-state index contributed by atoms with van der Waals surface area (Å²) in [5.74, 6) is 1.28. The van der Waals surface area contributed by atoms with Crippen molar-refractivity contribution < 1.29 is 9.47 Å². The normalized spacial score (nSPS) is 14.1. The van der Waals surface area contributed by atoms with Gasteiger partial charge in [-0.15, -0.1) is 0 Å². The highest BCUT2D eigenvalue weighted by molar-refractivity contribution is 5.88. The zero-order valence-electron chi connectivity index (χ0n) is 16.6. The molecule has 0 unspecified atom stereocenters. The van der Waals surface area contributed by atoms with E-state index in [0.29, 0.717) is 5.95 Å². The van der Waals surface area contributed by atoms with E-state index in [1.54, 1.807) is 13.3 Å². The Bertz CT molecular complexity index is 1140. The van der Waals surface area contributed by atoms with Crippen LogP contribution < -0.4 is 15.0 Å². The van der Waals surface area contributed by atoms with Crippen LogP contribution in [0.1, 0.15) is 0 Å². The summed E-state index contributed by atoms with van der Waals surface area (Å²) in [7, 11) is 1.65. The number of aromatic nitrogens is 4. The van der Waals surface area contributed by atoms with Gasteiger partial charge in [0, 0.05) is 59.4 Å². The van der Waals surface area contributed by atoms with Crippen LogP contribution in [0.4, 0.5) is 17.3 Å². The zero-order chi connectivity index (χ0) is 20.3. The van der Waals surface area contributed by atoms with E-state index in [1.807, 2.05) is 36.7 Å². The van der Waals surface area contributed by atoms with E-state index >= 15 is 0 Å². The molecule has 30 heavy (non-hydrogen) atoms. The molecule has 2 aromatic heterocycles. The third-order valence-electron chi connectivity index (χ3n) is 5.21. The third-order valence-corrected chi connectivity index (χ3v) is 5.21. The number of hydrogen-bond acceptors (Lipinski definition) is 7. The predicted molar refractivity (Wildman–Crippen MR) is 116 cm³/mol. The van der Waals surface area contributed by atoms with E-state index in [2.05, 4.69) is 42.5 Å². The van der Waals surface area contributed by atoms with Gasteiger partial charge >= 0.3 is 0 Å². The molecule has 1 fully saturated rings. The summed E-state index contributed by atoms with van der Waals surface area (Å²) in [6.07, 6.45) is 5.41. The quantitative estimate of drug-likeness (QED) is 0.527. The minimum atomic E-state index is 0.541. The largest absolute Gasteiger partial charge is 0.496 e. The highest BCUT2D eigenvalue weighted by Crippen LogP contribution is 2.33. The lowest BCUT2D eigenvalue weighted by Gasteiger charge is -2.28. The summed E-state index contributed by atoms with van der Waals surface area (Å²) in [4.78, 5) is 11.5.